The Morgan fingerprint density at radius 2 is 1.87 bits per heavy atom. The third kappa shape index (κ3) is 7.21. The lowest BCUT2D eigenvalue weighted by atomic mass is 9.75. The minimum absolute atomic E-state index is 0.0611. The van der Waals surface area contributed by atoms with Crippen LogP contribution in [0.5, 0.6) is 0 Å². The van der Waals surface area contributed by atoms with Crippen LogP contribution in [0.15, 0.2) is 30.6 Å². The highest BCUT2D eigenvalue weighted by atomic mass is 16.2. The molecule has 1 atom stereocenters. The zero-order valence-corrected chi connectivity index (χ0v) is 27.5. The molecule has 1 aliphatic carbocycles. The van der Waals surface area contributed by atoms with Gasteiger partial charge in [0.15, 0.2) is 0 Å². The number of nitrogens with one attached hydrogen (secondary N) is 2. The predicted molar refractivity (Wildman–Crippen MR) is 173 cm³/mol. The van der Waals surface area contributed by atoms with Crippen LogP contribution in [-0.2, 0) is 37.6 Å². The minimum atomic E-state index is -1.25. The monoisotopic (exact) mass is 630 g/mol. The summed E-state index contributed by atoms with van der Waals surface area (Å²) < 4.78 is 1.68. The smallest absolute Gasteiger partial charge is 0.252 e. The average molecular weight is 631 g/mol. The van der Waals surface area contributed by atoms with E-state index >= 15 is 0 Å². The molecule has 1 aromatic carbocycles. The Morgan fingerprint density at radius 3 is 2.67 bits per heavy atom. The number of aryl methyl sites for hydroxylation is 3. The van der Waals surface area contributed by atoms with Crippen molar-refractivity contribution in [3.8, 4) is 0 Å². The van der Waals surface area contributed by atoms with Gasteiger partial charge in [-0.3, -0.25) is 19.2 Å². The summed E-state index contributed by atoms with van der Waals surface area (Å²) in [6.45, 7) is 9.24. The molecular formula is C34H46N8O4. The molecule has 3 heterocycles. The van der Waals surface area contributed by atoms with Crippen LogP contribution in [0, 0.1) is 19.8 Å². The third-order valence-electron chi connectivity index (χ3n) is 9.30. The van der Waals surface area contributed by atoms with Crippen LogP contribution < -0.4 is 10.6 Å². The average Bonchev–Trinajstić information content (AvgIpc) is 3.50. The number of nitrogens with zero attached hydrogens (tertiary/aromatic N) is 6. The molecule has 46 heavy (non-hydrogen) atoms. The first-order valence-electron chi connectivity index (χ1n) is 16.5. The van der Waals surface area contributed by atoms with Gasteiger partial charge in [0, 0.05) is 50.4 Å². The van der Waals surface area contributed by atoms with Gasteiger partial charge in [0.2, 0.25) is 17.7 Å². The number of carbonyl (C=O) groups is 4. The van der Waals surface area contributed by atoms with Gasteiger partial charge in [-0.05, 0) is 75.0 Å². The summed E-state index contributed by atoms with van der Waals surface area (Å²) >= 11 is 0. The van der Waals surface area contributed by atoms with Crippen LogP contribution in [0.25, 0.3) is 5.78 Å². The van der Waals surface area contributed by atoms with Crippen molar-refractivity contribution in [1.29, 1.82) is 0 Å². The van der Waals surface area contributed by atoms with Crippen molar-refractivity contribution in [2.75, 3.05) is 32.7 Å². The molecular weight excluding hydrogens is 584 g/mol. The van der Waals surface area contributed by atoms with Gasteiger partial charge in [-0.15, -0.1) is 0 Å². The van der Waals surface area contributed by atoms with Crippen LogP contribution >= 0.6 is 0 Å². The van der Waals surface area contributed by atoms with Crippen molar-refractivity contribution >= 4 is 29.4 Å². The lowest BCUT2D eigenvalue weighted by Gasteiger charge is -2.39. The number of benzene rings is 1. The van der Waals surface area contributed by atoms with E-state index in [1.54, 1.807) is 14.3 Å². The molecule has 0 bridgehead atoms. The maximum absolute atomic E-state index is 14.0. The first-order valence-corrected chi connectivity index (χ1v) is 16.5. The van der Waals surface area contributed by atoms with Gasteiger partial charge in [0.1, 0.15) is 11.9 Å². The number of rotatable bonds is 6. The highest BCUT2D eigenvalue weighted by Gasteiger charge is 2.44. The normalized spacial score (nSPS) is 20.1. The summed E-state index contributed by atoms with van der Waals surface area (Å²) in [5.74, 6) is 0.0533. The molecule has 1 fully saturated rings. The van der Waals surface area contributed by atoms with Crippen molar-refractivity contribution in [3.05, 3.63) is 58.7 Å². The van der Waals surface area contributed by atoms with Gasteiger partial charge in [-0.2, -0.15) is 10.1 Å². The van der Waals surface area contributed by atoms with Crippen molar-refractivity contribution in [1.82, 2.24) is 40.0 Å². The standard InChI is InChI=1S/C34H46N8O4/c1-23(2)15-19-41-21-29(43)39-34(16-7-10-26-9-5-6-11-28(26)34)32(46)35-17-20-40(18-8-12-30(41)44)31(45)14-13-27-24(3)38-33-36-22-37-42(33)25(27)4/h5-6,9,11,22-23H,7-8,10,12-21H2,1-4H3,(H,35,46)(H,39,43). The molecule has 12 heteroatoms. The molecule has 0 radical (unpaired) electrons. The quantitative estimate of drug-likeness (QED) is 0.427. The molecule has 246 valence electrons. The van der Waals surface area contributed by atoms with Crippen LogP contribution in [0.3, 0.4) is 0 Å². The van der Waals surface area contributed by atoms with Gasteiger partial charge < -0.3 is 20.4 Å². The van der Waals surface area contributed by atoms with E-state index in [9.17, 15) is 19.2 Å². The number of hydrogen-bond acceptors (Lipinski definition) is 7. The predicted octanol–water partition coefficient (Wildman–Crippen LogP) is 2.64. The molecule has 12 nitrogen and oxygen atoms in total. The molecule has 1 saturated heterocycles. The van der Waals surface area contributed by atoms with Crippen LogP contribution in [-0.4, -0.2) is 85.7 Å². The number of hydrogen-bond donors (Lipinski definition) is 2. The maximum atomic E-state index is 14.0. The summed E-state index contributed by atoms with van der Waals surface area (Å²) in [5, 5.41) is 10.4. The molecule has 1 unspecified atom stereocenters. The zero-order chi connectivity index (χ0) is 32.8. The molecule has 1 aliphatic heterocycles. The Labute approximate surface area is 270 Å². The fraction of sp³-hybridized carbons (Fsp3) is 0.559. The van der Waals surface area contributed by atoms with Crippen molar-refractivity contribution < 1.29 is 19.2 Å². The summed E-state index contributed by atoms with van der Waals surface area (Å²) in [7, 11) is 0. The van der Waals surface area contributed by atoms with Crippen LogP contribution in [0.4, 0.5) is 0 Å². The zero-order valence-electron chi connectivity index (χ0n) is 27.5. The number of fused-ring (bicyclic) bond motifs is 3. The van der Waals surface area contributed by atoms with Gasteiger partial charge in [-0.1, -0.05) is 38.1 Å². The third-order valence-corrected chi connectivity index (χ3v) is 9.30. The van der Waals surface area contributed by atoms with Crippen molar-refractivity contribution in [2.24, 2.45) is 5.92 Å². The second-order valence-corrected chi connectivity index (χ2v) is 12.9. The molecule has 0 saturated carbocycles. The molecule has 4 amide bonds. The van der Waals surface area contributed by atoms with Crippen LogP contribution in [0.1, 0.15) is 80.5 Å². The summed E-state index contributed by atoms with van der Waals surface area (Å²) in [5.41, 5.74) is 3.22. The van der Waals surface area contributed by atoms with E-state index in [2.05, 4.69) is 39.5 Å². The number of amides is 4. The largest absolute Gasteiger partial charge is 0.352 e. The van der Waals surface area contributed by atoms with Crippen molar-refractivity contribution in [3.63, 3.8) is 0 Å². The Balaban J connectivity index is 1.38. The Bertz CT molecular complexity index is 1600. The van der Waals surface area contributed by atoms with Gasteiger partial charge in [-0.25, -0.2) is 9.50 Å². The molecule has 2 aromatic heterocycles. The Morgan fingerprint density at radius 1 is 1.07 bits per heavy atom. The minimum Gasteiger partial charge on any atom is -0.352 e. The number of aromatic nitrogens is 4. The molecule has 5 rings (SSSR count). The van der Waals surface area contributed by atoms with Gasteiger partial charge in [0.25, 0.3) is 11.7 Å². The van der Waals surface area contributed by atoms with E-state index in [1.165, 1.54) is 6.33 Å². The molecule has 2 aliphatic rings. The van der Waals surface area contributed by atoms with E-state index in [-0.39, 0.29) is 49.6 Å². The van der Waals surface area contributed by atoms with Gasteiger partial charge >= 0.3 is 0 Å². The molecule has 2 N–H and O–H groups in total. The lowest BCUT2D eigenvalue weighted by molar-refractivity contribution is -0.140. The second-order valence-electron chi connectivity index (χ2n) is 12.9. The van der Waals surface area contributed by atoms with E-state index in [4.69, 9.17) is 0 Å². The summed E-state index contributed by atoms with van der Waals surface area (Å²) in [6.07, 6.45) is 5.64. The van der Waals surface area contributed by atoms with E-state index in [0.717, 1.165) is 47.3 Å². The summed E-state index contributed by atoms with van der Waals surface area (Å²) in [4.78, 5) is 66.8. The maximum Gasteiger partial charge on any atom is 0.252 e. The van der Waals surface area contributed by atoms with Crippen molar-refractivity contribution in [2.45, 2.75) is 84.6 Å². The van der Waals surface area contributed by atoms with E-state index in [1.807, 2.05) is 38.1 Å². The van der Waals surface area contributed by atoms with Crippen LogP contribution in [0.2, 0.25) is 0 Å². The van der Waals surface area contributed by atoms with Gasteiger partial charge in [0.05, 0.1) is 6.54 Å². The van der Waals surface area contributed by atoms with E-state index < -0.39 is 5.54 Å². The Kier molecular flexibility index (Phi) is 10.3. The Hall–Kier alpha value is -4.35. The molecule has 1 spiro atoms. The molecule has 3 aromatic rings. The highest BCUT2D eigenvalue weighted by Crippen LogP contribution is 2.36. The summed E-state index contributed by atoms with van der Waals surface area (Å²) in [6, 6.07) is 7.73. The highest BCUT2D eigenvalue weighted by molar-refractivity contribution is 5.94. The SMILES string of the molecule is Cc1nc2ncnn2c(C)c1CCC(=O)N1CCCC(=O)N(CCC(C)C)CC(=O)NC2(CCCc3ccccc32)C(=O)NCC1. The topological polar surface area (TPSA) is 142 Å². The first kappa shape index (κ1) is 33.0. The fourth-order valence-corrected chi connectivity index (χ4v) is 6.72. The fourth-order valence-electron chi connectivity index (χ4n) is 6.72. The van der Waals surface area contributed by atoms with E-state index in [0.29, 0.717) is 50.6 Å². The first-order chi connectivity index (χ1) is 22.1. The second kappa shape index (κ2) is 14.4. The number of carbonyl (C=O) groups excluding carboxylic acids is 4. The lowest BCUT2D eigenvalue weighted by Crippen LogP contribution is -2.60.